The number of hydrogen-bond acceptors (Lipinski definition) is 4. The smallest absolute Gasteiger partial charge is 0.234 e. The van der Waals surface area contributed by atoms with Crippen molar-refractivity contribution >= 4 is 5.91 Å². The molecule has 144 valence electrons. The van der Waals surface area contributed by atoms with Gasteiger partial charge in [-0.2, -0.15) is 15.5 Å². The van der Waals surface area contributed by atoms with Gasteiger partial charge in [-0.1, -0.05) is 26.0 Å². The van der Waals surface area contributed by atoms with E-state index >= 15 is 0 Å². The summed E-state index contributed by atoms with van der Waals surface area (Å²) >= 11 is 0. The van der Waals surface area contributed by atoms with E-state index in [1.54, 1.807) is 32.0 Å². The normalized spacial score (nSPS) is 24.5. The fourth-order valence-electron chi connectivity index (χ4n) is 5.05. The molecule has 1 fully saturated rings. The first-order valence-corrected chi connectivity index (χ1v) is 9.51. The Balaban J connectivity index is 1.84. The molecule has 1 N–H and O–H groups in total. The zero-order valence-electron chi connectivity index (χ0n) is 16.5. The van der Waals surface area contributed by atoms with E-state index in [9.17, 15) is 14.4 Å². The molecule has 4 rings (SSSR count). The van der Waals surface area contributed by atoms with Crippen LogP contribution >= 0.6 is 0 Å². The van der Waals surface area contributed by atoms with Crippen LogP contribution in [-0.4, -0.2) is 21.6 Å². The second-order valence-corrected chi connectivity index (χ2v) is 8.92. The van der Waals surface area contributed by atoms with E-state index in [-0.39, 0.29) is 23.1 Å². The minimum atomic E-state index is -0.969. The van der Waals surface area contributed by atoms with E-state index < -0.39 is 11.0 Å². The van der Waals surface area contributed by atoms with Gasteiger partial charge >= 0.3 is 0 Å². The first-order valence-electron chi connectivity index (χ1n) is 9.51. The Kier molecular flexibility index (Phi) is 3.87. The van der Waals surface area contributed by atoms with Gasteiger partial charge in [-0.05, 0) is 61.8 Å². The predicted octanol–water partition coefficient (Wildman–Crippen LogP) is 3.86. The molecule has 5 nitrogen and oxygen atoms in total. The molecule has 1 aromatic carbocycles. The summed E-state index contributed by atoms with van der Waals surface area (Å²) in [6.45, 7) is 7.52. The van der Waals surface area contributed by atoms with Gasteiger partial charge in [0.1, 0.15) is 11.4 Å². The van der Waals surface area contributed by atoms with Gasteiger partial charge in [0.2, 0.25) is 5.91 Å². The van der Waals surface area contributed by atoms with Crippen molar-refractivity contribution in [3.63, 3.8) is 0 Å². The van der Waals surface area contributed by atoms with E-state index in [0.717, 1.165) is 12.0 Å². The first-order chi connectivity index (χ1) is 13.1. The Labute approximate surface area is 164 Å². The topological polar surface area (TPSA) is 78.7 Å². The number of rotatable bonds is 3. The highest BCUT2D eigenvalue weighted by molar-refractivity contribution is 5.92. The molecule has 0 spiro atoms. The van der Waals surface area contributed by atoms with Crippen molar-refractivity contribution in [3.05, 3.63) is 47.4 Å². The highest BCUT2D eigenvalue weighted by Gasteiger charge is 2.67. The van der Waals surface area contributed by atoms with E-state index in [2.05, 4.69) is 35.4 Å². The lowest BCUT2D eigenvalue weighted by molar-refractivity contribution is -0.131. The van der Waals surface area contributed by atoms with Crippen molar-refractivity contribution < 1.29 is 9.18 Å². The number of benzene rings is 1. The molecule has 2 atom stereocenters. The van der Waals surface area contributed by atoms with Crippen LogP contribution in [0.4, 0.5) is 4.39 Å². The van der Waals surface area contributed by atoms with Crippen LogP contribution < -0.4 is 5.32 Å². The van der Waals surface area contributed by atoms with Crippen LogP contribution in [0.15, 0.2) is 30.3 Å². The summed E-state index contributed by atoms with van der Waals surface area (Å²) in [6.07, 6.45) is 1.52. The minimum Gasteiger partial charge on any atom is -0.337 e. The molecule has 0 saturated heterocycles. The van der Waals surface area contributed by atoms with Gasteiger partial charge in [-0.15, -0.1) is 0 Å². The summed E-state index contributed by atoms with van der Waals surface area (Å²) in [5, 5.41) is 20.9. The van der Waals surface area contributed by atoms with E-state index in [1.165, 1.54) is 6.07 Å². The number of halogens is 1. The lowest BCUT2D eigenvalue weighted by atomic mass is 9.67. The SMILES string of the molecule is CC(C)(C#N)NC(=O)[C@@]12CC[C@@H](c3cc(-c4ccccc4F)nnc31)C2(C)C. The minimum absolute atomic E-state index is 0.138. The number of nitrogens with one attached hydrogen (secondary N) is 1. The van der Waals surface area contributed by atoms with E-state index in [4.69, 9.17) is 0 Å². The van der Waals surface area contributed by atoms with Crippen molar-refractivity contribution in [1.29, 1.82) is 5.26 Å². The van der Waals surface area contributed by atoms with Gasteiger partial charge in [0.05, 0.1) is 22.9 Å². The van der Waals surface area contributed by atoms with Crippen molar-refractivity contribution in [2.45, 2.75) is 57.4 Å². The van der Waals surface area contributed by atoms with Gasteiger partial charge in [0.15, 0.2) is 0 Å². The zero-order chi connectivity index (χ0) is 20.3. The van der Waals surface area contributed by atoms with Gasteiger partial charge in [0.25, 0.3) is 0 Å². The number of carbonyl (C=O) groups is 1. The van der Waals surface area contributed by atoms with Crippen LogP contribution in [0.5, 0.6) is 0 Å². The molecule has 0 unspecified atom stereocenters. The van der Waals surface area contributed by atoms with Gasteiger partial charge < -0.3 is 5.32 Å². The molecule has 0 radical (unpaired) electrons. The molecule has 1 saturated carbocycles. The Morgan fingerprint density at radius 1 is 1.32 bits per heavy atom. The third-order valence-electron chi connectivity index (χ3n) is 6.63. The summed E-state index contributed by atoms with van der Waals surface area (Å²) in [6, 6.07) is 10.5. The predicted molar refractivity (Wildman–Crippen MR) is 103 cm³/mol. The maximum atomic E-state index is 14.2. The number of carbonyl (C=O) groups excluding carboxylic acids is 1. The number of hydrogen-bond donors (Lipinski definition) is 1. The van der Waals surface area contributed by atoms with Crippen LogP contribution in [0.1, 0.15) is 57.7 Å². The summed E-state index contributed by atoms with van der Waals surface area (Å²) in [5.74, 6) is -0.389. The van der Waals surface area contributed by atoms with Crippen LogP contribution in [0.25, 0.3) is 11.3 Å². The largest absolute Gasteiger partial charge is 0.337 e. The Hall–Kier alpha value is -2.81. The summed E-state index contributed by atoms with van der Waals surface area (Å²) < 4.78 is 14.2. The van der Waals surface area contributed by atoms with Crippen LogP contribution in [0.3, 0.4) is 0 Å². The molecule has 1 heterocycles. The maximum absolute atomic E-state index is 14.2. The van der Waals surface area contributed by atoms with Crippen LogP contribution in [-0.2, 0) is 10.2 Å². The maximum Gasteiger partial charge on any atom is 0.234 e. The molecular weight excluding hydrogens is 355 g/mol. The summed E-state index contributed by atoms with van der Waals surface area (Å²) in [5.41, 5.74) is 0.351. The van der Waals surface area contributed by atoms with Crippen molar-refractivity contribution in [2.24, 2.45) is 5.41 Å². The molecule has 2 aromatic rings. The average Bonchev–Trinajstić information content (AvgIpc) is 3.03. The summed E-state index contributed by atoms with van der Waals surface area (Å²) in [7, 11) is 0. The van der Waals surface area contributed by atoms with E-state index in [0.29, 0.717) is 23.4 Å². The molecule has 2 aliphatic rings. The zero-order valence-corrected chi connectivity index (χ0v) is 16.5. The molecule has 2 bridgehead atoms. The lowest BCUT2D eigenvalue weighted by Crippen LogP contribution is -2.55. The van der Waals surface area contributed by atoms with Gasteiger partial charge in [0, 0.05) is 5.56 Å². The standard InChI is InChI=1S/C22H23FN4O/c1-20(2,12-24)25-19(28)22-10-9-15(21(22,3)4)14-11-17(26-27-18(14)22)13-7-5-6-8-16(13)23/h5-8,11,15H,9-10H2,1-4H3,(H,25,28)/t15-,22+/m0/s1. The van der Waals surface area contributed by atoms with Crippen LogP contribution in [0.2, 0.25) is 0 Å². The molecule has 1 aromatic heterocycles. The summed E-state index contributed by atoms with van der Waals surface area (Å²) in [4.78, 5) is 13.4. The molecule has 1 amide bonds. The second-order valence-electron chi connectivity index (χ2n) is 8.92. The van der Waals surface area contributed by atoms with Crippen molar-refractivity contribution in [2.75, 3.05) is 0 Å². The fourth-order valence-corrected chi connectivity index (χ4v) is 5.05. The van der Waals surface area contributed by atoms with Gasteiger partial charge in [-0.25, -0.2) is 4.39 Å². The molecule has 28 heavy (non-hydrogen) atoms. The first kappa shape index (κ1) is 18.5. The molecule has 6 heteroatoms. The molecule has 0 aliphatic heterocycles. The third-order valence-corrected chi connectivity index (χ3v) is 6.63. The van der Waals surface area contributed by atoms with Crippen molar-refractivity contribution in [1.82, 2.24) is 15.5 Å². The van der Waals surface area contributed by atoms with Crippen LogP contribution in [0, 0.1) is 22.6 Å². The highest BCUT2D eigenvalue weighted by atomic mass is 19.1. The number of aromatic nitrogens is 2. The number of nitrogens with zero attached hydrogens (tertiary/aromatic N) is 3. The third kappa shape index (κ3) is 2.32. The Morgan fingerprint density at radius 3 is 2.71 bits per heavy atom. The fraction of sp³-hybridized carbons (Fsp3) is 0.455. The Morgan fingerprint density at radius 2 is 2.04 bits per heavy atom. The highest BCUT2D eigenvalue weighted by Crippen LogP contribution is 2.67. The molecular formula is C22H23FN4O. The van der Waals surface area contributed by atoms with Gasteiger partial charge in [-0.3, -0.25) is 4.79 Å². The second kappa shape index (κ2) is 5.84. The number of nitriles is 1. The Bertz CT molecular complexity index is 1020. The van der Waals surface area contributed by atoms with Crippen molar-refractivity contribution in [3.8, 4) is 17.3 Å². The number of fused-ring (bicyclic) bond motifs is 5. The number of amides is 1. The van der Waals surface area contributed by atoms with E-state index in [1.807, 2.05) is 6.07 Å². The quantitative estimate of drug-likeness (QED) is 0.880. The average molecular weight is 378 g/mol. The lowest BCUT2D eigenvalue weighted by Gasteiger charge is -2.37. The molecule has 2 aliphatic carbocycles. The monoisotopic (exact) mass is 378 g/mol.